The molecule has 3 nitrogen and oxygen atoms in total. The van der Waals surface area contributed by atoms with E-state index in [1.54, 1.807) is 37.3 Å². The van der Waals surface area contributed by atoms with Gasteiger partial charge in [0.1, 0.15) is 17.1 Å². The second kappa shape index (κ2) is 5.57. The number of rotatable bonds is 3. The first-order valence-corrected chi connectivity index (χ1v) is 6.02. The predicted molar refractivity (Wildman–Crippen MR) is 75.2 cm³/mol. The average Bonchev–Trinajstić information content (AvgIpc) is 2.42. The Balaban J connectivity index is 2.64. The summed E-state index contributed by atoms with van der Waals surface area (Å²) in [6, 6.07) is 8.77. The number of carboxylic acid groups (broad SMARTS) is 1. The minimum Gasteiger partial charge on any atom is -0.506 e. The minimum absolute atomic E-state index is 0.181. The number of aromatic carboxylic acids is 1. The quantitative estimate of drug-likeness (QED) is 0.890. The molecule has 0 unspecified atom stereocenters. The Kier molecular flexibility index (Phi) is 3.84. The van der Waals surface area contributed by atoms with Crippen molar-refractivity contribution in [2.24, 2.45) is 0 Å². The average molecular weight is 272 g/mol. The summed E-state index contributed by atoms with van der Waals surface area (Å²) in [5.41, 5.74) is 1.51. The molecule has 0 atom stereocenters. The Morgan fingerprint density at radius 1 is 1.15 bits per heavy atom. The first-order valence-electron chi connectivity index (χ1n) is 6.02. The fraction of sp³-hybridized carbons (Fsp3) is 0.0625. The first kappa shape index (κ1) is 13.8. The normalized spacial score (nSPS) is 10.9. The van der Waals surface area contributed by atoms with E-state index in [0.717, 1.165) is 0 Å². The highest BCUT2D eigenvalue weighted by atomic mass is 19.1. The van der Waals surface area contributed by atoms with E-state index < -0.39 is 5.97 Å². The molecular formula is C16H13FO3. The zero-order valence-electron chi connectivity index (χ0n) is 10.8. The van der Waals surface area contributed by atoms with Crippen molar-refractivity contribution in [2.45, 2.75) is 6.92 Å². The van der Waals surface area contributed by atoms with Crippen molar-refractivity contribution in [3.8, 4) is 16.9 Å². The summed E-state index contributed by atoms with van der Waals surface area (Å²) in [6.45, 7) is 1.77. The molecule has 102 valence electrons. The van der Waals surface area contributed by atoms with Crippen LogP contribution in [0.4, 0.5) is 4.39 Å². The highest BCUT2D eigenvalue weighted by molar-refractivity contribution is 5.94. The van der Waals surface area contributed by atoms with Crippen LogP contribution in [0.5, 0.6) is 5.75 Å². The van der Waals surface area contributed by atoms with Crippen LogP contribution in [0.2, 0.25) is 0 Å². The number of carboxylic acids is 1. The third-order valence-electron chi connectivity index (χ3n) is 2.89. The molecule has 0 aliphatic rings. The van der Waals surface area contributed by atoms with Crippen LogP contribution in [-0.4, -0.2) is 16.2 Å². The van der Waals surface area contributed by atoms with E-state index in [1.807, 2.05) is 0 Å². The van der Waals surface area contributed by atoms with Gasteiger partial charge in [0.15, 0.2) is 0 Å². The van der Waals surface area contributed by atoms with E-state index in [0.29, 0.717) is 16.7 Å². The molecule has 20 heavy (non-hydrogen) atoms. The maximum Gasteiger partial charge on any atom is 0.339 e. The van der Waals surface area contributed by atoms with E-state index in [1.165, 1.54) is 18.2 Å². The molecule has 0 aliphatic carbocycles. The Morgan fingerprint density at radius 2 is 1.80 bits per heavy atom. The standard InChI is InChI=1S/C16H13FO3/c1-2-3-11-8-12(9-14(15(11)18)16(19)20)10-4-6-13(17)7-5-10/h2-9,18H,1H3,(H,19,20)/b3-2+. The van der Waals surface area contributed by atoms with Gasteiger partial charge in [-0.3, -0.25) is 0 Å². The Labute approximate surface area is 115 Å². The van der Waals surface area contributed by atoms with Gasteiger partial charge in [-0.05, 0) is 42.3 Å². The van der Waals surface area contributed by atoms with Gasteiger partial charge in [-0.15, -0.1) is 0 Å². The van der Waals surface area contributed by atoms with E-state index in [2.05, 4.69) is 0 Å². The second-order valence-corrected chi connectivity index (χ2v) is 4.27. The number of hydrogen-bond acceptors (Lipinski definition) is 2. The number of carbonyl (C=O) groups is 1. The molecule has 0 saturated heterocycles. The van der Waals surface area contributed by atoms with Crippen LogP contribution in [0, 0.1) is 5.82 Å². The van der Waals surface area contributed by atoms with E-state index in [-0.39, 0.29) is 17.1 Å². The second-order valence-electron chi connectivity index (χ2n) is 4.27. The molecule has 0 fully saturated rings. The van der Waals surface area contributed by atoms with Crippen LogP contribution in [0.25, 0.3) is 17.2 Å². The molecule has 0 aromatic heterocycles. The van der Waals surface area contributed by atoms with Crippen molar-refractivity contribution in [3.63, 3.8) is 0 Å². The molecule has 2 N–H and O–H groups in total. The minimum atomic E-state index is -1.21. The summed E-state index contributed by atoms with van der Waals surface area (Å²) in [4.78, 5) is 11.2. The lowest BCUT2D eigenvalue weighted by Crippen LogP contribution is -1.99. The highest BCUT2D eigenvalue weighted by Crippen LogP contribution is 2.31. The van der Waals surface area contributed by atoms with Gasteiger partial charge in [0.25, 0.3) is 0 Å². The number of aromatic hydroxyl groups is 1. The molecule has 2 aromatic carbocycles. The molecule has 2 aromatic rings. The van der Waals surface area contributed by atoms with E-state index in [9.17, 15) is 14.3 Å². The van der Waals surface area contributed by atoms with E-state index in [4.69, 9.17) is 5.11 Å². The molecule has 0 bridgehead atoms. The SMILES string of the molecule is C/C=C/c1cc(-c2ccc(F)cc2)cc(C(=O)O)c1O. The number of hydrogen-bond donors (Lipinski definition) is 2. The van der Waals surface area contributed by atoms with Gasteiger partial charge in [0.05, 0.1) is 0 Å². The smallest absolute Gasteiger partial charge is 0.339 e. The van der Waals surface area contributed by atoms with Crippen LogP contribution in [0.1, 0.15) is 22.8 Å². The van der Waals surface area contributed by atoms with Crippen LogP contribution >= 0.6 is 0 Å². The molecule has 0 heterocycles. The van der Waals surface area contributed by atoms with Crippen molar-refractivity contribution >= 4 is 12.0 Å². The number of halogens is 1. The predicted octanol–water partition coefficient (Wildman–Crippen LogP) is 3.93. The fourth-order valence-corrected chi connectivity index (χ4v) is 1.94. The summed E-state index contributed by atoms with van der Waals surface area (Å²) < 4.78 is 12.9. The van der Waals surface area contributed by atoms with Gasteiger partial charge in [0, 0.05) is 5.56 Å². The van der Waals surface area contributed by atoms with Crippen molar-refractivity contribution in [1.29, 1.82) is 0 Å². The van der Waals surface area contributed by atoms with Crippen molar-refractivity contribution in [3.05, 3.63) is 59.4 Å². The van der Waals surface area contributed by atoms with E-state index >= 15 is 0 Å². The summed E-state index contributed by atoms with van der Waals surface area (Å²) in [5.74, 6) is -1.85. The largest absolute Gasteiger partial charge is 0.506 e. The molecule has 4 heteroatoms. The summed E-state index contributed by atoms with van der Waals surface area (Å²) in [7, 11) is 0. The van der Waals surface area contributed by atoms with Gasteiger partial charge in [-0.2, -0.15) is 0 Å². The topological polar surface area (TPSA) is 57.5 Å². The molecule has 0 aliphatic heterocycles. The fourth-order valence-electron chi connectivity index (χ4n) is 1.94. The lowest BCUT2D eigenvalue weighted by Gasteiger charge is -2.09. The summed E-state index contributed by atoms with van der Waals surface area (Å²) in [5, 5.41) is 19.0. The van der Waals surface area contributed by atoms with Gasteiger partial charge in [-0.1, -0.05) is 24.3 Å². The van der Waals surface area contributed by atoms with Crippen molar-refractivity contribution in [2.75, 3.05) is 0 Å². The maximum absolute atomic E-state index is 12.9. The lowest BCUT2D eigenvalue weighted by atomic mass is 9.98. The molecule has 0 saturated carbocycles. The molecule has 0 amide bonds. The summed E-state index contributed by atoms with van der Waals surface area (Å²) >= 11 is 0. The zero-order chi connectivity index (χ0) is 14.7. The lowest BCUT2D eigenvalue weighted by molar-refractivity contribution is 0.0693. The Hall–Kier alpha value is -2.62. The Morgan fingerprint density at radius 3 is 2.35 bits per heavy atom. The van der Waals surface area contributed by atoms with Crippen molar-refractivity contribution in [1.82, 2.24) is 0 Å². The summed E-state index contributed by atoms with van der Waals surface area (Å²) in [6.07, 6.45) is 3.32. The zero-order valence-corrected chi connectivity index (χ0v) is 10.8. The number of phenols is 1. The van der Waals surface area contributed by atoms with Gasteiger partial charge in [-0.25, -0.2) is 9.18 Å². The molecule has 0 spiro atoms. The van der Waals surface area contributed by atoms with Crippen molar-refractivity contribution < 1.29 is 19.4 Å². The monoisotopic (exact) mass is 272 g/mol. The van der Waals surface area contributed by atoms with Crippen LogP contribution in [0.3, 0.4) is 0 Å². The first-order chi connectivity index (χ1) is 9.52. The van der Waals surface area contributed by atoms with Gasteiger partial charge >= 0.3 is 5.97 Å². The molecular weight excluding hydrogens is 259 g/mol. The maximum atomic E-state index is 12.9. The highest BCUT2D eigenvalue weighted by Gasteiger charge is 2.15. The third kappa shape index (κ3) is 2.69. The number of allylic oxidation sites excluding steroid dienone is 1. The molecule has 2 rings (SSSR count). The van der Waals surface area contributed by atoms with Gasteiger partial charge in [0.2, 0.25) is 0 Å². The van der Waals surface area contributed by atoms with Crippen LogP contribution in [0.15, 0.2) is 42.5 Å². The van der Waals surface area contributed by atoms with Crippen LogP contribution in [-0.2, 0) is 0 Å². The third-order valence-corrected chi connectivity index (χ3v) is 2.89. The van der Waals surface area contributed by atoms with Crippen LogP contribution < -0.4 is 0 Å². The Bertz CT molecular complexity index is 673. The number of benzene rings is 2. The molecule has 0 radical (unpaired) electrons. The van der Waals surface area contributed by atoms with Gasteiger partial charge < -0.3 is 10.2 Å².